The molecule has 0 spiro atoms. The van der Waals surface area contributed by atoms with Gasteiger partial charge in [-0.15, -0.1) is 0 Å². The molecule has 4 heteroatoms. The van der Waals surface area contributed by atoms with Crippen molar-refractivity contribution >= 4 is 12.0 Å². The number of allylic oxidation sites excluding steroid dienone is 1. The molecule has 1 atom stereocenters. The van der Waals surface area contributed by atoms with Crippen molar-refractivity contribution in [2.45, 2.75) is 26.8 Å². The predicted molar refractivity (Wildman–Crippen MR) is 76.0 cm³/mol. The smallest absolute Gasteiger partial charge is 0.417 e. The van der Waals surface area contributed by atoms with Gasteiger partial charge in [0.1, 0.15) is 12.6 Å². The van der Waals surface area contributed by atoms with Crippen LogP contribution in [0.5, 0.6) is 0 Å². The van der Waals surface area contributed by atoms with Crippen molar-refractivity contribution in [2.24, 2.45) is 5.41 Å². The molecule has 0 saturated carbocycles. The van der Waals surface area contributed by atoms with E-state index >= 15 is 0 Å². The summed E-state index contributed by atoms with van der Waals surface area (Å²) in [5, 5.41) is 0. The van der Waals surface area contributed by atoms with Crippen LogP contribution in [0.4, 0.5) is 4.79 Å². The molecule has 20 heavy (non-hydrogen) atoms. The minimum atomic E-state index is -0.581. The number of nitrogens with zero attached hydrogens (tertiary/aromatic N) is 1. The molecule has 0 aromatic heterocycles. The van der Waals surface area contributed by atoms with Crippen LogP contribution in [0.1, 0.15) is 32.4 Å². The maximum Gasteiger partial charge on any atom is 0.417 e. The number of rotatable bonds is 2. The van der Waals surface area contributed by atoms with Crippen molar-refractivity contribution in [2.75, 3.05) is 6.61 Å². The highest BCUT2D eigenvalue weighted by atomic mass is 16.6. The quantitative estimate of drug-likeness (QED) is 0.777. The number of cyclic esters (lactones) is 1. The van der Waals surface area contributed by atoms with E-state index in [2.05, 4.69) is 0 Å². The van der Waals surface area contributed by atoms with Crippen LogP contribution in [-0.4, -0.2) is 23.5 Å². The van der Waals surface area contributed by atoms with E-state index in [0.717, 1.165) is 5.56 Å². The summed E-state index contributed by atoms with van der Waals surface area (Å²) < 4.78 is 5.02. The van der Waals surface area contributed by atoms with E-state index in [4.69, 9.17) is 4.74 Å². The van der Waals surface area contributed by atoms with Crippen LogP contribution in [0.3, 0.4) is 0 Å². The van der Waals surface area contributed by atoms with Crippen LogP contribution in [0.2, 0.25) is 0 Å². The SMILES string of the molecule is CC(C)(C)C=CC(=O)N1C(=O)OC[C@@H]1c1ccccc1. The maximum atomic E-state index is 12.2. The lowest BCUT2D eigenvalue weighted by Crippen LogP contribution is -2.33. The summed E-state index contributed by atoms with van der Waals surface area (Å²) in [5.41, 5.74) is 0.789. The van der Waals surface area contributed by atoms with Crippen molar-refractivity contribution in [3.8, 4) is 0 Å². The number of hydrogen-bond donors (Lipinski definition) is 0. The molecule has 0 radical (unpaired) electrons. The Hall–Kier alpha value is -2.10. The molecule has 1 aromatic rings. The summed E-state index contributed by atoms with van der Waals surface area (Å²) >= 11 is 0. The first-order valence-electron chi connectivity index (χ1n) is 6.62. The zero-order chi connectivity index (χ0) is 14.8. The van der Waals surface area contributed by atoms with Gasteiger partial charge in [0.25, 0.3) is 5.91 Å². The normalized spacial score (nSPS) is 19.4. The van der Waals surface area contributed by atoms with Gasteiger partial charge in [-0.2, -0.15) is 0 Å². The molecule has 4 nitrogen and oxygen atoms in total. The molecular formula is C16H19NO3. The largest absolute Gasteiger partial charge is 0.446 e. The van der Waals surface area contributed by atoms with E-state index in [1.165, 1.54) is 11.0 Å². The average molecular weight is 273 g/mol. The van der Waals surface area contributed by atoms with Gasteiger partial charge in [0.15, 0.2) is 0 Å². The second-order valence-corrected chi connectivity index (χ2v) is 5.91. The van der Waals surface area contributed by atoms with E-state index < -0.39 is 6.09 Å². The standard InChI is InChI=1S/C16H19NO3/c1-16(2,3)10-9-14(18)17-13(11-20-15(17)19)12-7-5-4-6-8-12/h4-10,13H,11H2,1-3H3/t13-/m1/s1. The van der Waals surface area contributed by atoms with E-state index in [0.29, 0.717) is 0 Å². The van der Waals surface area contributed by atoms with Crippen LogP contribution in [-0.2, 0) is 9.53 Å². The molecule has 1 aliphatic rings. The van der Waals surface area contributed by atoms with Gasteiger partial charge in [0, 0.05) is 6.08 Å². The molecule has 1 fully saturated rings. The molecule has 0 unspecified atom stereocenters. The van der Waals surface area contributed by atoms with Gasteiger partial charge in [-0.1, -0.05) is 57.2 Å². The zero-order valence-corrected chi connectivity index (χ0v) is 12.0. The van der Waals surface area contributed by atoms with Gasteiger partial charge in [-0.25, -0.2) is 9.69 Å². The number of imide groups is 1. The lowest BCUT2D eigenvalue weighted by Gasteiger charge is -2.19. The number of carbonyl (C=O) groups excluding carboxylic acids is 2. The highest BCUT2D eigenvalue weighted by molar-refractivity contribution is 6.00. The Balaban J connectivity index is 2.21. The van der Waals surface area contributed by atoms with Crippen LogP contribution in [0.25, 0.3) is 0 Å². The summed E-state index contributed by atoms with van der Waals surface area (Å²) in [4.78, 5) is 25.2. The summed E-state index contributed by atoms with van der Waals surface area (Å²) in [6.45, 7) is 6.19. The van der Waals surface area contributed by atoms with Gasteiger partial charge in [0.05, 0.1) is 0 Å². The van der Waals surface area contributed by atoms with Crippen LogP contribution >= 0.6 is 0 Å². The van der Waals surface area contributed by atoms with Gasteiger partial charge in [-0.3, -0.25) is 4.79 Å². The average Bonchev–Trinajstić information content (AvgIpc) is 2.78. The van der Waals surface area contributed by atoms with Crippen molar-refractivity contribution in [3.63, 3.8) is 0 Å². The molecule has 1 aliphatic heterocycles. The Morgan fingerprint density at radius 1 is 1.30 bits per heavy atom. The second kappa shape index (κ2) is 5.49. The third kappa shape index (κ3) is 3.26. The highest BCUT2D eigenvalue weighted by Crippen LogP contribution is 2.28. The third-order valence-electron chi connectivity index (χ3n) is 3.02. The van der Waals surface area contributed by atoms with Gasteiger partial charge in [0.2, 0.25) is 0 Å². The Bertz CT molecular complexity index is 528. The number of hydrogen-bond acceptors (Lipinski definition) is 3. The first-order chi connectivity index (χ1) is 9.38. The minimum Gasteiger partial charge on any atom is -0.446 e. The van der Waals surface area contributed by atoms with Crippen molar-refractivity contribution in [1.29, 1.82) is 0 Å². The fraction of sp³-hybridized carbons (Fsp3) is 0.375. The molecule has 106 valence electrons. The van der Waals surface area contributed by atoms with Crippen LogP contribution < -0.4 is 0 Å². The first-order valence-corrected chi connectivity index (χ1v) is 6.62. The summed E-state index contributed by atoms with van der Waals surface area (Å²) in [7, 11) is 0. The second-order valence-electron chi connectivity index (χ2n) is 5.91. The Morgan fingerprint density at radius 3 is 2.55 bits per heavy atom. The van der Waals surface area contributed by atoms with Crippen molar-refractivity contribution in [3.05, 3.63) is 48.0 Å². The number of amides is 2. The fourth-order valence-corrected chi connectivity index (χ4v) is 1.99. The molecule has 1 aromatic carbocycles. The third-order valence-corrected chi connectivity index (χ3v) is 3.02. The summed E-state index contributed by atoms with van der Waals surface area (Å²) in [5.74, 6) is -0.337. The van der Waals surface area contributed by atoms with Gasteiger partial charge in [-0.05, 0) is 11.0 Å². The highest BCUT2D eigenvalue weighted by Gasteiger charge is 2.37. The molecule has 1 saturated heterocycles. The number of ether oxygens (including phenoxy) is 1. The summed E-state index contributed by atoms with van der Waals surface area (Å²) in [6, 6.07) is 9.09. The molecule has 0 bridgehead atoms. The molecule has 2 amide bonds. The first kappa shape index (κ1) is 14.3. The number of benzene rings is 1. The molecule has 1 heterocycles. The Morgan fingerprint density at radius 2 is 1.95 bits per heavy atom. The zero-order valence-electron chi connectivity index (χ0n) is 12.0. The van der Waals surface area contributed by atoms with E-state index in [1.807, 2.05) is 51.1 Å². The summed E-state index contributed by atoms with van der Waals surface area (Å²) in [6.07, 6.45) is 2.66. The topological polar surface area (TPSA) is 46.6 Å². The molecule has 0 aliphatic carbocycles. The van der Waals surface area contributed by atoms with Crippen LogP contribution in [0.15, 0.2) is 42.5 Å². The molecule has 0 N–H and O–H groups in total. The maximum absolute atomic E-state index is 12.2. The van der Waals surface area contributed by atoms with E-state index in [9.17, 15) is 9.59 Å². The molecular weight excluding hydrogens is 254 g/mol. The Labute approximate surface area is 119 Å². The van der Waals surface area contributed by atoms with Crippen LogP contribution in [0, 0.1) is 5.41 Å². The minimum absolute atomic E-state index is 0.110. The van der Waals surface area contributed by atoms with Gasteiger partial charge >= 0.3 is 6.09 Å². The fourth-order valence-electron chi connectivity index (χ4n) is 1.99. The monoisotopic (exact) mass is 273 g/mol. The Kier molecular flexibility index (Phi) is 3.93. The lowest BCUT2D eigenvalue weighted by atomic mass is 9.96. The van der Waals surface area contributed by atoms with E-state index in [-0.39, 0.29) is 24.0 Å². The van der Waals surface area contributed by atoms with E-state index in [1.54, 1.807) is 6.08 Å². The number of carbonyl (C=O) groups is 2. The van der Waals surface area contributed by atoms with Crippen molar-refractivity contribution < 1.29 is 14.3 Å². The molecule has 2 rings (SSSR count). The predicted octanol–water partition coefficient (Wildman–Crippen LogP) is 3.31. The van der Waals surface area contributed by atoms with Gasteiger partial charge < -0.3 is 4.74 Å². The lowest BCUT2D eigenvalue weighted by molar-refractivity contribution is -0.124. The van der Waals surface area contributed by atoms with Crippen molar-refractivity contribution in [1.82, 2.24) is 4.90 Å².